The zero-order valence-corrected chi connectivity index (χ0v) is 16.1. The Morgan fingerprint density at radius 2 is 2.00 bits per heavy atom. The summed E-state index contributed by atoms with van der Waals surface area (Å²) < 4.78 is 5.67. The molecular formula is C20H19N3O4S. The smallest absolute Gasteiger partial charge is 0.290 e. The van der Waals surface area contributed by atoms with Crippen molar-refractivity contribution < 1.29 is 19.1 Å². The van der Waals surface area contributed by atoms with Gasteiger partial charge in [0, 0.05) is 18.9 Å². The molecule has 28 heavy (non-hydrogen) atoms. The van der Waals surface area contributed by atoms with Crippen molar-refractivity contribution in [3.05, 3.63) is 64.8 Å². The van der Waals surface area contributed by atoms with Crippen molar-refractivity contribution >= 4 is 34.9 Å². The number of benzene rings is 1. The maximum Gasteiger partial charge on any atom is 0.290 e. The Morgan fingerprint density at radius 1 is 1.21 bits per heavy atom. The zero-order valence-electron chi connectivity index (χ0n) is 15.3. The number of hydrogen-bond donors (Lipinski definition) is 1. The zero-order chi connectivity index (χ0) is 19.9. The molecule has 0 atom stereocenters. The minimum atomic E-state index is -0.381. The second-order valence-corrected chi connectivity index (χ2v) is 7.10. The fraction of sp³-hybridized carbons (Fsp3) is 0.200. The second kappa shape index (κ2) is 9.18. The lowest BCUT2D eigenvalue weighted by Gasteiger charge is -2.17. The van der Waals surface area contributed by atoms with Gasteiger partial charge < -0.3 is 9.64 Å². The molecule has 0 unspecified atom stereocenters. The number of nitrogens with one attached hydrogen (secondary N) is 1. The van der Waals surface area contributed by atoms with Crippen LogP contribution < -0.4 is 10.1 Å². The van der Waals surface area contributed by atoms with Crippen LogP contribution in [0.3, 0.4) is 0 Å². The highest BCUT2D eigenvalue weighted by molar-refractivity contribution is 8.18. The van der Waals surface area contributed by atoms with Gasteiger partial charge in [-0.3, -0.25) is 24.7 Å². The number of amides is 3. The molecular weight excluding hydrogens is 378 g/mol. The van der Waals surface area contributed by atoms with Gasteiger partial charge in [-0.2, -0.15) is 0 Å². The molecule has 1 N–H and O–H groups in total. The third-order valence-electron chi connectivity index (χ3n) is 4.00. The molecule has 1 aliphatic rings. The van der Waals surface area contributed by atoms with E-state index < -0.39 is 0 Å². The van der Waals surface area contributed by atoms with Crippen molar-refractivity contribution in [3.8, 4) is 5.75 Å². The highest BCUT2D eigenvalue weighted by atomic mass is 32.2. The van der Waals surface area contributed by atoms with Crippen molar-refractivity contribution in [2.24, 2.45) is 0 Å². The van der Waals surface area contributed by atoms with Gasteiger partial charge in [0.15, 0.2) is 0 Å². The number of hydrogen-bond acceptors (Lipinski definition) is 6. The molecule has 7 nitrogen and oxygen atoms in total. The quantitative estimate of drug-likeness (QED) is 0.722. The maximum absolute atomic E-state index is 12.2. The number of aromatic nitrogens is 1. The predicted molar refractivity (Wildman–Crippen MR) is 107 cm³/mol. The lowest BCUT2D eigenvalue weighted by Crippen LogP contribution is -2.32. The summed E-state index contributed by atoms with van der Waals surface area (Å²) in [6.07, 6.45) is 3.58. The van der Waals surface area contributed by atoms with Crippen molar-refractivity contribution in [2.75, 3.05) is 20.2 Å². The van der Waals surface area contributed by atoms with E-state index in [9.17, 15) is 14.4 Å². The van der Waals surface area contributed by atoms with E-state index in [2.05, 4.69) is 10.3 Å². The molecule has 8 heteroatoms. The molecule has 2 heterocycles. The van der Waals surface area contributed by atoms with Crippen LogP contribution in [-0.2, 0) is 16.0 Å². The lowest BCUT2D eigenvalue weighted by molar-refractivity contribution is -0.129. The monoisotopic (exact) mass is 397 g/mol. The van der Waals surface area contributed by atoms with Crippen LogP contribution in [0.2, 0.25) is 0 Å². The molecule has 1 aromatic heterocycles. The fourth-order valence-electron chi connectivity index (χ4n) is 2.45. The Balaban J connectivity index is 1.46. The van der Waals surface area contributed by atoms with Gasteiger partial charge in [0.05, 0.1) is 17.9 Å². The minimum Gasteiger partial charge on any atom is -0.492 e. The van der Waals surface area contributed by atoms with Gasteiger partial charge in [0.1, 0.15) is 12.4 Å². The van der Waals surface area contributed by atoms with Crippen LogP contribution in [0.4, 0.5) is 4.79 Å². The second-order valence-electron chi connectivity index (χ2n) is 6.08. The summed E-state index contributed by atoms with van der Waals surface area (Å²) in [7, 11) is 1.73. The summed E-state index contributed by atoms with van der Waals surface area (Å²) in [6, 6.07) is 12.7. The van der Waals surface area contributed by atoms with Gasteiger partial charge in [-0.25, -0.2) is 0 Å². The molecule has 2 aromatic rings. The fourth-order valence-corrected chi connectivity index (χ4v) is 3.13. The molecule has 0 saturated carbocycles. The lowest BCUT2D eigenvalue weighted by atomic mass is 10.2. The Hall–Kier alpha value is -3.13. The first kappa shape index (κ1) is 19.6. The molecule has 1 aromatic carbocycles. The van der Waals surface area contributed by atoms with Gasteiger partial charge in [-0.15, -0.1) is 0 Å². The molecule has 144 valence electrons. The third kappa shape index (κ3) is 5.43. The number of pyridine rings is 1. The topological polar surface area (TPSA) is 88.6 Å². The summed E-state index contributed by atoms with van der Waals surface area (Å²) in [5, 5.41) is 1.85. The number of imide groups is 1. The first-order chi connectivity index (χ1) is 13.5. The van der Waals surface area contributed by atoms with E-state index in [1.165, 1.54) is 0 Å². The average molecular weight is 397 g/mol. The Bertz CT molecular complexity index is 897. The Kier molecular flexibility index (Phi) is 6.44. The van der Waals surface area contributed by atoms with Crippen LogP contribution in [0.5, 0.6) is 5.75 Å². The van der Waals surface area contributed by atoms with Gasteiger partial charge in [-0.1, -0.05) is 18.2 Å². The van der Waals surface area contributed by atoms with Gasteiger partial charge in [0.25, 0.3) is 11.1 Å². The molecule has 1 saturated heterocycles. The van der Waals surface area contributed by atoms with E-state index >= 15 is 0 Å². The molecule has 0 aliphatic carbocycles. The number of likely N-dealkylation sites (N-methyl/N-ethyl adjacent to an activating group) is 1. The van der Waals surface area contributed by atoms with E-state index in [0.717, 1.165) is 23.0 Å². The van der Waals surface area contributed by atoms with Crippen LogP contribution in [0.1, 0.15) is 11.3 Å². The Morgan fingerprint density at radius 3 is 2.64 bits per heavy atom. The number of nitrogens with zero attached hydrogens (tertiary/aromatic N) is 2. The van der Waals surface area contributed by atoms with Crippen molar-refractivity contribution in [1.82, 2.24) is 15.2 Å². The standard InChI is InChI=1S/C20H19N3O4S/c1-23(18(24)13-15-4-2-3-9-21-15)10-11-27-16-7-5-14(6-8-16)12-17-19(25)22-20(26)28-17/h2-9,12H,10-11,13H2,1H3,(H,22,25,26)/b17-12-. The van der Waals surface area contributed by atoms with E-state index in [-0.39, 0.29) is 23.5 Å². The van der Waals surface area contributed by atoms with Gasteiger partial charge in [0.2, 0.25) is 5.91 Å². The number of ether oxygens (including phenoxy) is 1. The van der Waals surface area contributed by atoms with E-state index in [0.29, 0.717) is 23.8 Å². The van der Waals surface area contributed by atoms with E-state index in [1.807, 2.05) is 18.2 Å². The summed E-state index contributed by atoms with van der Waals surface area (Å²) in [5.74, 6) is 0.257. The minimum absolute atomic E-state index is 0.0221. The van der Waals surface area contributed by atoms with Crippen molar-refractivity contribution in [2.45, 2.75) is 6.42 Å². The van der Waals surface area contributed by atoms with Crippen LogP contribution in [0, 0.1) is 0 Å². The van der Waals surface area contributed by atoms with Crippen LogP contribution in [-0.4, -0.2) is 47.1 Å². The summed E-state index contributed by atoms with van der Waals surface area (Å²) in [6.45, 7) is 0.814. The van der Waals surface area contributed by atoms with Crippen LogP contribution in [0.25, 0.3) is 6.08 Å². The van der Waals surface area contributed by atoms with Crippen molar-refractivity contribution in [1.29, 1.82) is 0 Å². The highest BCUT2D eigenvalue weighted by Gasteiger charge is 2.24. The summed E-state index contributed by atoms with van der Waals surface area (Å²) in [4.78, 5) is 41.0. The molecule has 0 bridgehead atoms. The Labute approximate surface area is 166 Å². The summed E-state index contributed by atoms with van der Waals surface area (Å²) >= 11 is 0.881. The first-order valence-electron chi connectivity index (χ1n) is 8.63. The normalized spacial score (nSPS) is 14.8. The number of thioether (sulfide) groups is 1. The predicted octanol–water partition coefficient (Wildman–Crippen LogP) is 2.49. The van der Waals surface area contributed by atoms with E-state index in [4.69, 9.17) is 4.74 Å². The number of rotatable bonds is 7. The molecule has 3 amide bonds. The van der Waals surface area contributed by atoms with Gasteiger partial charge in [-0.05, 0) is 47.7 Å². The SMILES string of the molecule is CN(CCOc1ccc(/C=C2\SC(=O)NC2=O)cc1)C(=O)Cc1ccccn1. The van der Waals surface area contributed by atoms with Crippen LogP contribution in [0.15, 0.2) is 53.6 Å². The molecule has 0 spiro atoms. The molecule has 1 aliphatic heterocycles. The van der Waals surface area contributed by atoms with Crippen molar-refractivity contribution in [3.63, 3.8) is 0 Å². The number of carbonyl (C=O) groups is 3. The average Bonchev–Trinajstić information content (AvgIpc) is 3.00. The van der Waals surface area contributed by atoms with E-state index in [1.54, 1.807) is 48.5 Å². The van der Waals surface area contributed by atoms with Crippen LogP contribution >= 0.6 is 11.8 Å². The maximum atomic E-state index is 12.2. The molecule has 3 rings (SSSR count). The number of carbonyl (C=O) groups excluding carboxylic acids is 3. The summed E-state index contributed by atoms with van der Waals surface area (Å²) in [5.41, 5.74) is 1.53. The molecule has 1 fully saturated rings. The third-order valence-corrected chi connectivity index (χ3v) is 4.81. The first-order valence-corrected chi connectivity index (χ1v) is 9.44. The highest BCUT2D eigenvalue weighted by Crippen LogP contribution is 2.26. The van der Waals surface area contributed by atoms with Gasteiger partial charge >= 0.3 is 0 Å². The molecule has 0 radical (unpaired) electrons. The largest absolute Gasteiger partial charge is 0.492 e.